The van der Waals surface area contributed by atoms with Crippen molar-refractivity contribution in [1.29, 1.82) is 0 Å². The van der Waals surface area contributed by atoms with E-state index in [-0.39, 0.29) is 0 Å². The van der Waals surface area contributed by atoms with Crippen LogP contribution in [0.3, 0.4) is 0 Å². The van der Waals surface area contributed by atoms with Crippen LogP contribution in [0.15, 0.2) is 11.6 Å². The highest BCUT2D eigenvalue weighted by molar-refractivity contribution is 7.09. The average Bonchev–Trinajstić information content (AvgIpc) is 2.85. The van der Waals surface area contributed by atoms with E-state index in [1.807, 2.05) is 6.20 Å². The van der Waals surface area contributed by atoms with Gasteiger partial charge in [0.25, 0.3) is 0 Å². The number of hydrogen-bond acceptors (Lipinski definition) is 4. The van der Waals surface area contributed by atoms with Gasteiger partial charge in [0.05, 0.1) is 6.54 Å². The molecule has 0 spiro atoms. The molecule has 0 radical (unpaired) electrons. The Morgan fingerprint density at radius 3 is 3.00 bits per heavy atom. The van der Waals surface area contributed by atoms with Crippen LogP contribution >= 0.6 is 11.3 Å². The van der Waals surface area contributed by atoms with Crippen molar-refractivity contribution in [2.75, 3.05) is 13.1 Å². The van der Waals surface area contributed by atoms with Crippen molar-refractivity contribution in [3.05, 3.63) is 16.6 Å². The Kier molecular flexibility index (Phi) is 5.79. The van der Waals surface area contributed by atoms with Crippen LogP contribution in [0, 0.1) is 5.92 Å². The lowest BCUT2D eigenvalue weighted by molar-refractivity contribution is 0.107. The van der Waals surface area contributed by atoms with Gasteiger partial charge in [-0.1, -0.05) is 27.2 Å². The van der Waals surface area contributed by atoms with Gasteiger partial charge in [-0.25, -0.2) is 4.98 Å². The van der Waals surface area contributed by atoms with Crippen LogP contribution in [0.1, 0.15) is 45.0 Å². The minimum absolute atomic E-state index is 0.646. The Bertz CT molecular complexity index is 350. The molecule has 2 heterocycles. The summed E-state index contributed by atoms with van der Waals surface area (Å²) < 4.78 is 0. The smallest absolute Gasteiger partial charge is 0.107 e. The Hall–Kier alpha value is -0.450. The first kappa shape index (κ1) is 14.9. The monoisotopic (exact) mass is 281 g/mol. The molecule has 1 saturated heterocycles. The summed E-state index contributed by atoms with van der Waals surface area (Å²) in [5.41, 5.74) is 0. The maximum absolute atomic E-state index is 4.45. The molecular weight excluding hydrogens is 254 g/mol. The predicted molar refractivity (Wildman–Crippen MR) is 82.5 cm³/mol. The third kappa shape index (κ3) is 4.55. The molecule has 2 unspecified atom stereocenters. The van der Waals surface area contributed by atoms with Gasteiger partial charge in [-0.15, -0.1) is 11.3 Å². The molecule has 2 atom stereocenters. The molecule has 3 nitrogen and oxygen atoms in total. The Balaban J connectivity index is 1.95. The summed E-state index contributed by atoms with van der Waals surface area (Å²) in [7, 11) is 0. The van der Waals surface area contributed by atoms with Crippen molar-refractivity contribution in [2.24, 2.45) is 5.92 Å². The van der Waals surface area contributed by atoms with Crippen LogP contribution in [-0.4, -0.2) is 35.1 Å². The Labute approximate surface area is 121 Å². The molecule has 1 aromatic heterocycles. The zero-order valence-electron chi connectivity index (χ0n) is 12.4. The first-order valence-electron chi connectivity index (χ1n) is 7.54. The van der Waals surface area contributed by atoms with E-state index >= 15 is 0 Å². The van der Waals surface area contributed by atoms with Crippen LogP contribution in [-0.2, 0) is 6.54 Å². The normalized spacial score (nSPS) is 25.1. The first-order valence-corrected chi connectivity index (χ1v) is 8.42. The molecule has 4 heteroatoms. The zero-order valence-corrected chi connectivity index (χ0v) is 13.2. The molecular formula is C15H27N3S. The third-order valence-electron chi connectivity index (χ3n) is 3.81. The van der Waals surface area contributed by atoms with Crippen molar-refractivity contribution in [1.82, 2.24) is 15.2 Å². The molecule has 1 fully saturated rings. The number of nitrogens with one attached hydrogen (secondary N) is 1. The molecule has 0 bridgehead atoms. The first-order chi connectivity index (χ1) is 9.19. The summed E-state index contributed by atoms with van der Waals surface area (Å²) in [5.74, 6) is 0.766. The lowest BCUT2D eigenvalue weighted by Gasteiger charge is -2.40. The fraction of sp³-hybridized carbons (Fsp3) is 0.800. The molecule has 0 aromatic carbocycles. The van der Waals surface area contributed by atoms with Gasteiger partial charge in [0, 0.05) is 36.8 Å². The van der Waals surface area contributed by atoms with Gasteiger partial charge in [-0.3, -0.25) is 4.90 Å². The van der Waals surface area contributed by atoms with E-state index < -0.39 is 0 Å². The molecule has 0 aliphatic carbocycles. The molecule has 1 aromatic rings. The van der Waals surface area contributed by atoms with Crippen molar-refractivity contribution in [3.8, 4) is 0 Å². The maximum Gasteiger partial charge on any atom is 0.107 e. The van der Waals surface area contributed by atoms with Crippen molar-refractivity contribution in [3.63, 3.8) is 0 Å². The van der Waals surface area contributed by atoms with Crippen LogP contribution in [0.4, 0.5) is 0 Å². The Morgan fingerprint density at radius 1 is 1.53 bits per heavy atom. The van der Waals surface area contributed by atoms with Crippen molar-refractivity contribution < 1.29 is 0 Å². The van der Waals surface area contributed by atoms with E-state index in [0.29, 0.717) is 12.1 Å². The maximum atomic E-state index is 4.45. The lowest BCUT2D eigenvalue weighted by Crippen LogP contribution is -2.56. The van der Waals surface area contributed by atoms with Gasteiger partial charge in [0.2, 0.25) is 0 Å². The predicted octanol–water partition coefficient (Wildman–Crippen LogP) is 3.13. The fourth-order valence-electron chi connectivity index (χ4n) is 2.97. The third-order valence-corrected chi connectivity index (χ3v) is 4.58. The van der Waals surface area contributed by atoms with Gasteiger partial charge in [-0.05, 0) is 18.8 Å². The SMILES string of the molecule is CCCC1CNC(CC(C)C)CN1Cc1nccs1. The van der Waals surface area contributed by atoms with Gasteiger partial charge in [0.1, 0.15) is 5.01 Å². The van der Waals surface area contributed by atoms with Crippen LogP contribution in [0.2, 0.25) is 0 Å². The highest BCUT2D eigenvalue weighted by Crippen LogP contribution is 2.19. The summed E-state index contributed by atoms with van der Waals surface area (Å²) in [6.45, 7) is 10.2. The minimum atomic E-state index is 0.646. The highest BCUT2D eigenvalue weighted by Gasteiger charge is 2.27. The molecule has 1 aliphatic rings. The van der Waals surface area contributed by atoms with E-state index in [1.165, 1.54) is 30.8 Å². The van der Waals surface area contributed by atoms with E-state index in [4.69, 9.17) is 0 Å². The van der Waals surface area contributed by atoms with E-state index in [1.54, 1.807) is 11.3 Å². The fourth-order valence-corrected chi connectivity index (χ4v) is 3.61. The Morgan fingerprint density at radius 2 is 2.37 bits per heavy atom. The highest BCUT2D eigenvalue weighted by atomic mass is 32.1. The van der Waals surface area contributed by atoms with Crippen LogP contribution in [0.25, 0.3) is 0 Å². The summed E-state index contributed by atoms with van der Waals surface area (Å²) in [5, 5.41) is 7.07. The summed E-state index contributed by atoms with van der Waals surface area (Å²) >= 11 is 1.78. The van der Waals surface area contributed by atoms with E-state index in [2.05, 4.69) is 41.4 Å². The number of thiazole rings is 1. The number of piperazine rings is 1. The number of rotatable bonds is 6. The molecule has 0 amide bonds. The van der Waals surface area contributed by atoms with Crippen LogP contribution < -0.4 is 5.32 Å². The summed E-state index contributed by atoms with van der Waals surface area (Å²) in [6.07, 6.45) is 5.73. The average molecular weight is 281 g/mol. The molecule has 0 saturated carbocycles. The van der Waals surface area contributed by atoms with Crippen molar-refractivity contribution in [2.45, 2.75) is 58.7 Å². The largest absolute Gasteiger partial charge is 0.311 e. The summed E-state index contributed by atoms with van der Waals surface area (Å²) in [6, 6.07) is 1.32. The minimum Gasteiger partial charge on any atom is -0.311 e. The lowest BCUT2D eigenvalue weighted by atomic mass is 9.98. The molecule has 2 rings (SSSR count). The quantitative estimate of drug-likeness (QED) is 0.868. The van der Waals surface area contributed by atoms with Crippen LogP contribution in [0.5, 0.6) is 0 Å². The second kappa shape index (κ2) is 7.36. The zero-order chi connectivity index (χ0) is 13.7. The molecule has 1 aliphatic heterocycles. The number of hydrogen-bond donors (Lipinski definition) is 1. The van der Waals surface area contributed by atoms with Gasteiger partial charge < -0.3 is 5.32 Å². The van der Waals surface area contributed by atoms with Gasteiger partial charge in [0.15, 0.2) is 0 Å². The van der Waals surface area contributed by atoms with Gasteiger partial charge in [-0.2, -0.15) is 0 Å². The van der Waals surface area contributed by atoms with Gasteiger partial charge >= 0.3 is 0 Å². The van der Waals surface area contributed by atoms with Crippen molar-refractivity contribution >= 4 is 11.3 Å². The number of nitrogens with zero attached hydrogens (tertiary/aromatic N) is 2. The molecule has 1 N–H and O–H groups in total. The molecule has 108 valence electrons. The summed E-state index contributed by atoms with van der Waals surface area (Å²) in [4.78, 5) is 7.09. The second-order valence-corrected chi connectivity index (χ2v) is 7.01. The van der Waals surface area contributed by atoms with E-state index in [0.717, 1.165) is 19.0 Å². The van der Waals surface area contributed by atoms with E-state index in [9.17, 15) is 0 Å². The number of aromatic nitrogens is 1. The standard InChI is InChI=1S/C15H27N3S/c1-4-5-14-9-17-13(8-12(2)3)10-18(14)11-15-16-6-7-19-15/h6-7,12-14,17H,4-5,8-11H2,1-3H3. The molecule has 19 heavy (non-hydrogen) atoms. The topological polar surface area (TPSA) is 28.2 Å². The second-order valence-electron chi connectivity index (χ2n) is 6.03.